The Kier molecular flexibility index (Phi) is 8.33. The average Bonchev–Trinajstić information content (AvgIpc) is 3.46. The van der Waals surface area contributed by atoms with E-state index in [1.807, 2.05) is 62.0 Å². The predicted molar refractivity (Wildman–Crippen MR) is 158 cm³/mol. The van der Waals surface area contributed by atoms with E-state index in [4.69, 9.17) is 0 Å². The van der Waals surface area contributed by atoms with Crippen molar-refractivity contribution in [2.75, 3.05) is 26.0 Å². The van der Waals surface area contributed by atoms with E-state index in [9.17, 15) is 9.59 Å². The smallest absolute Gasteiger partial charge is 0.266 e. The molecular formula is C29H28N8O2S. The number of hydrogen-bond acceptors (Lipinski definition) is 9. The molecule has 11 heteroatoms. The van der Waals surface area contributed by atoms with E-state index in [1.54, 1.807) is 11.7 Å². The van der Waals surface area contributed by atoms with Crippen LogP contribution in [-0.2, 0) is 13.1 Å². The minimum atomic E-state index is -0.478. The Labute approximate surface area is 235 Å². The topological polar surface area (TPSA) is 118 Å². The van der Waals surface area contributed by atoms with Gasteiger partial charge < -0.3 is 15.5 Å². The molecule has 0 radical (unpaired) electrons. The summed E-state index contributed by atoms with van der Waals surface area (Å²) in [4.78, 5) is 44.7. The molecule has 0 bridgehead atoms. The monoisotopic (exact) mass is 552 g/mol. The van der Waals surface area contributed by atoms with Crippen LogP contribution in [0.15, 0.2) is 82.9 Å². The standard InChI is InChI=1S/C29H28N8O2S/c1-36(2)15-21-5-8-23(9-6-21)34-29-32-13-22-12-20(7-10-26(22)35-29)4-3-11-31-27(38)25-14-30-18-37(28(25)39)16-24-17-40-19-33-24/h3-10,12-14,17-19H,11,15-16H2,1-2H3,(H,31,38)(H,32,34,35)/b4-3+. The Hall–Kier alpha value is -4.74. The first-order chi connectivity index (χ1) is 19.4. The van der Waals surface area contributed by atoms with Crippen LogP contribution in [0.2, 0.25) is 0 Å². The Morgan fingerprint density at radius 3 is 2.73 bits per heavy atom. The summed E-state index contributed by atoms with van der Waals surface area (Å²) in [6.07, 6.45) is 8.18. The molecule has 3 aromatic heterocycles. The first-order valence-corrected chi connectivity index (χ1v) is 13.5. The number of amides is 1. The maximum Gasteiger partial charge on any atom is 0.266 e. The van der Waals surface area contributed by atoms with E-state index < -0.39 is 11.5 Å². The van der Waals surface area contributed by atoms with Gasteiger partial charge in [-0.15, -0.1) is 11.3 Å². The van der Waals surface area contributed by atoms with Crippen molar-refractivity contribution >= 4 is 45.9 Å². The summed E-state index contributed by atoms with van der Waals surface area (Å²) in [5.41, 5.74) is 5.94. The number of nitrogens with zero attached hydrogens (tertiary/aromatic N) is 6. The average molecular weight is 553 g/mol. The second kappa shape index (κ2) is 12.4. The van der Waals surface area contributed by atoms with Gasteiger partial charge in [-0.25, -0.2) is 19.9 Å². The lowest BCUT2D eigenvalue weighted by Gasteiger charge is -2.11. The highest BCUT2D eigenvalue weighted by Gasteiger charge is 2.13. The van der Waals surface area contributed by atoms with Gasteiger partial charge in [-0.1, -0.05) is 30.4 Å². The molecule has 0 unspecified atom stereocenters. The molecule has 0 atom stereocenters. The zero-order valence-corrected chi connectivity index (χ0v) is 22.9. The number of anilines is 2. The molecule has 0 aliphatic rings. The van der Waals surface area contributed by atoms with Crippen molar-refractivity contribution in [2.24, 2.45) is 0 Å². The summed E-state index contributed by atoms with van der Waals surface area (Å²) in [5, 5.41) is 8.75. The van der Waals surface area contributed by atoms with Crippen molar-refractivity contribution in [3.8, 4) is 0 Å². The quantitative estimate of drug-likeness (QED) is 0.268. The molecule has 0 aliphatic carbocycles. The van der Waals surface area contributed by atoms with Crippen molar-refractivity contribution in [1.82, 2.24) is 34.7 Å². The van der Waals surface area contributed by atoms with Crippen molar-refractivity contribution in [3.05, 3.63) is 111 Å². The lowest BCUT2D eigenvalue weighted by molar-refractivity contribution is 0.0955. The molecular weight excluding hydrogens is 524 g/mol. The molecule has 0 aliphatic heterocycles. The summed E-state index contributed by atoms with van der Waals surface area (Å²) < 4.78 is 1.37. The minimum absolute atomic E-state index is 0.0112. The molecule has 2 aromatic carbocycles. The number of benzene rings is 2. The summed E-state index contributed by atoms with van der Waals surface area (Å²) in [6.45, 7) is 1.41. The molecule has 5 rings (SSSR count). The van der Waals surface area contributed by atoms with Crippen LogP contribution in [0, 0.1) is 0 Å². The van der Waals surface area contributed by atoms with E-state index in [0.717, 1.165) is 34.4 Å². The zero-order valence-electron chi connectivity index (χ0n) is 22.1. The van der Waals surface area contributed by atoms with Gasteiger partial charge in [-0.3, -0.25) is 14.2 Å². The Bertz CT molecular complexity index is 1700. The number of carbonyl (C=O) groups excluding carboxylic acids is 1. The lowest BCUT2D eigenvalue weighted by Crippen LogP contribution is -2.33. The van der Waals surface area contributed by atoms with Crippen LogP contribution in [0.25, 0.3) is 17.0 Å². The van der Waals surface area contributed by atoms with E-state index in [-0.39, 0.29) is 18.7 Å². The maximum absolute atomic E-state index is 12.7. The van der Waals surface area contributed by atoms with Gasteiger partial charge in [0.05, 0.1) is 29.6 Å². The number of rotatable bonds is 10. The van der Waals surface area contributed by atoms with Crippen LogP contribution in [0.1, 0.15) is 27.2 Å². The fourth-order valence-corrected chi connectivity index (χ4v) is 4.60. The summed E-state index contributed by atoms with van der Waals surface area (Å²) in [7, 11) is 4.09. The summed E-state index contributed by atoms with van der Waals surface area (Å²) >= 11 is 1.44. The number of aromatic nitrogens is 5. The second-order valence-corrected chi connectivity index (χ2v) is 10.1. The normalized spacial score (nSPS) is 11.4. The maximum atomic E-state index is 12.7. The van der Waals surface area contributed by atoms with Crippen molar-refractivity contribution in [1.29, 1.82) is 0 Å². The van der Waals surface area contributed by atoms with Gasteiger partial charge in [0.2, 0.25) is 5.95 Å². The highest BCUT2D eigenvalue weighted by molar-refractivity contribution is 7.07. The minimum Gasteiger partial charge on any atom is -0.348 e. The van der Waals surface area contributed by atoms with Crippen LogP contribution in [0.3, 0.4) is 0 Å². The number of carbonyl (C=O) groups is 1. The molecule has 5 aromatic rings. The largest absolute Gasteiger partial charge is 0.348 e. The first-order valence-electron chi connectivity index (χ1n) is 12.6. The van der Waals surface area contributed by atoms with Gasteiger partial charge in [0.15, 0.2) is 0 Å². The molecule has 3 heterocycles. The second-order valence-electron chi connectivity index (χ2n) is 9.40. The number of nitrogens with one attached hydrogen (secondary N) is 2. The third-order valence-electron chi connectivity index (χ3n) is 5.96. The molecule has 0 spiro atoms. The Balaban J connectivity index is 1.18. The van der Waals surface area contributed by atoms with Crippen molar-refractivity contribution in [2.45, 2.75) is 13.1 Å². The highest BCUT2D eigenvalue weighted by atomic mass is 32.1. The van der Waals surface area contributed by atoms with Gasteiger partial charge in [-0.2, -0.15) is 0 Å². The zero-order chi connectivity index (χ0) is 27.9. The molecule has 10 nitrogen and oxygen atoms in total. The van der Waals surface area contributed by atoms with Crippen LogP contribution >= 0.6 is 11.3 Å². The lowest BCUT2D eigenvalue weighted by atomic mass is 10.1. The Morgan fingerprint density at radius 1 is 1.10 bits per heavy atom. The molecule has 2 N–H and O–H groups in total. The van der Waals surface area contributed by atoms with Crippen LogP contribution in [-0.4, -0.2) is 56.0 Å². The highest BCUT2D eigenvalue weighted by Crippen LogP contribution is 2.19. The third-order valence-corrected chi connectivity index (χ3v) is 6.60. The first kappa shape index (κ1) is 26.9. The molecule has 0 fully saturated rings. The molecule has 1 amide bonds. The molecule has 40 heavy (non-hydrogen) atoms. The fraction of sp³-hybridized carbons (Fsp3) is 0.172. The molecule has 0 saturated carbocycles. The van der Waals surface area contributed by atoms with Crippen molar-refractivity contribution < 1.29 is 4.79 Å². The summed E-state index contributed by atoms with van der Waals surface area (Å²) in [6, 6.07) is 14.1. The number of hydrogen-bond donors (Lipinski definition) is 2. The van der Waals surface area contributed by atoms with Gasteiger partial charge in [0.25, 0.3) is 11.5 Å². The number of thiazole rings is 1. The van der Waals surface area contributed by atoms with Crippen LogP contribution in [0.4, 0.5) is 11.6 Å². The van der Waals surface area contributed by atoms with Crippen molar-refractivity contribution in [3.63, 3.8) is 0 Å². The fourth-order valence-electron chi connectivity index (χ4n) is 4.05. The number of fused-ring (bicyclic) bond motifs is 1. The van der Waals surface area contributed by atoms with Gasteiger partial charge in [0.1, 0.15) is 5.56 Å². The van der Waals surface area contributed by atoms with Crippen LogP contribution in [0.5, 0.6) is 0 Å². The van der Waals surface area contributed by atoms with Crippen LogP contribution < -0.4 is 16.2 Å². The Morgan fingerprint density at radius 2 is 1.95 bits per heavy atom. The van der Waals surface area contributed by atoms with E-state index in [0.29, 0.717) is 5.95 Å². The SMILES string of the molecule is CN(C)Cc1ccc(Nc2ncc3cc(/C=C/CNC(=O)c4cncn(Cc5cscn5)c4=O)ccc3n2)cc1. The predicted octanol–water partition coefficient (Wildman–Crippen LogP) is 3.94. The third kappa shape index (κ3) is 6.82. The molecule has 0 saturated heterocycles. The van der Waals surface area contributed by atoms with E-state index >= 15 is 0 Å². The molecule has 202 valence electrons. The van der Waals surface area contributed by atoms with Gasteiger partial charge in [0, 0.05) is 41.9 Å². The van der Waals surface area contributed by atoms with E-state index in [2.05, 4.69) is 47.6 Å². The summed E-state index contributed by atoms with van der Waals surface area (Å²) in [5.74, 6) is 0.0500. The van der Waals surface area contributed by atoms with E-state index in [1.165, 1.54) is 34.0 Å². The van der Waals surface area contributed by atoms with Gasteiger partial charge in [-0.05, 0) is 49.5 Å². The van der Waals surface area contributed by atoms with Gasteiger partial charge >= 0.3 is 0 Å².